The molecule has 7 N–H and O–H groups in total. The van der Waals surface area contributed by atoms with Gasteiger partial charge in [-0.25, -0.2) is 4.39 Å². The van der Waals surface area contributed by atoms with Crippen molar-refractivity contribution in [1.82, 2.24) is 9.80 Å². The molecule has 356 valence electrons. The van der Waals surface area contributed by atoms with Gasteiger partial charge in [-0.2, -0.15) is 0 Å². The van der Waals surface area contributed by atoms with Crippen LogP contribution in [0.4, 0.5) is 44.2 Å². The molecule has 2 fully saturated rings. The van der Waals surface area contributed by atoms with Crippen LogP contribution < -0.4 is 32.3 Å². The van der Waals surface area contributed by atoms with E-state index in [1.54, 1.807) is 6.07 Å². The number of anilines is 7. The standard InChI is InChI=1S/C28H30N4O2.C22H17FN2O2.C6H14N2/c33-26-15-12-23-24(30-22-6-2-1-3-7-22)13-14-25(27(23)26)31-28(34)20-8-10-21(11-9-20)29-16-19-32-17-4-5-18-32;23-15-8-6-14(7-9-15)22(27)25-19-12-11-18(17-10-13-20(26)21(17)19)24-16-4-2-1-3-5-16;7-3-6-8-4-1-2-5-8/h1-3,6-11,13-14,29-30H,4-5,12,15-19H2,(H,31,34);1-9,11-12,24H,10,13H2,(H,25,27);1-7H2. The van der Waals surface area contributed by atoms with Crippen LogP contribution in [0.1, 0.15) is 91.1 Å². The molecule has 0 bridgehead atoms. The smallest absolute Gasteiger partial charge is 0.255 e. The van der Waals surface area contributed by atoms with Crippen molar-refractivity contribution >= 4 is 63.2 Å². The zero-order chi connectivity index (χ0) is 48.0. The van der Waals surface area contributed by atoms with Crippen LogP contribution in [0.3, 0.4) is 0 Å². The molecule has 2 heterocycles. The summed E-state index contributed by atoms with van der Waals surface area (Å²) < 4.78 is 13.0. The summed E-state index contributed by atoms with van der Waals surface area (Å²) in [4.78, 5) is 55.3. The zero-order valence-electron chi connectivity index (χ0n) is 39.0. The number of fused-ring (bicyclic) bond motifs is 2. The third-order valence-corrected chi connectivity index (χ3v) is 12.8. The number of amides is 2. The van der Waals surface area contributed by atoms with E-state index < -0.39 is 5.82 Å². The van der Waals surface area contributed by atoms with Crippen molar-refractivity contribution in [2.24, 2.45) is 5.73 Å². The Kier molecular flexibility index (Phi) is 16.6. The maximum absolute atomic E-state index is 13.0. The third-order valence-electron chi connectivity index (χ3n) is 12.8. The van der Waals surface area contributed by atoms with E-state index >= 15 is 0 Å². The van der Waals surface area contributed by atoms with Gasteiger partial charge in [-0.15, -0.1) is 0 Å². The highest BCUT2D eigenvalue weighted by molar-refractivity contribution is 6.13. The average molecular weight is 929 g/mol. The number of nitrogens with zero attached hydrogens (tertiary/aromatic N) is 2. The molecule has 2 saturated heterocycles. The second kappa shape index (κ2) is 23.7. The minimum absolute atomic E-state index is 0.0103. The minimum Gasteiger partial charge on any atom is -0.384 e. The number of carbonyl (C=O) groups excluding carboxylic acids is 4. The Labute approximate surface area is 403 Å². The molecule has 69 heavy (non-hydrogen) atoms. The van der Waals surface area contributed by atoms with Gasteiger partial charge in [-0.3, -0.25) is 19.2 Å². The lowest BCUT2D eigenvalue weighted by atomic mass is 10.0. The summed E-state index contributed by atoms with van der Waals surface area (Å²) in [6.45, 7) is 8.78. The third kappa shape index (κ3) is 12.9. The van der Waals surface area contributed by atoms with Crippen LogP contribution >= 0.6 is 0 Å². The van der Waals surface area contributed by atoms with Gasteiger partial charge >= 0.3 is 0 Å². The van der Waals surface area contributed by atoms with Gasteiger partial charge in [0.2, 0.25) is 0 Å². The maximum Gasteiger partial charge on any atom is 0.255 e. The van der Waals surface area contributed by atoms with E-state index in [1.165, 1.54) is 76.1 Å². The molecule has 6 aromatic carbocycles. The first kappa shape index (κ1) is 48.3. The van der Waals surface area contributed by atoms with Crippen molar-refractivity contribution < 1.29 is 23.6 Å². The predicted octanol–water partition coefficient (Wildman–Crippen LogP) is 10.3. The van der Waals surface area contributed by atoms with Crippen LogP contribution in [-0.4, -0.2) is 85.5 Å². The second-order valence-electron chi connectivity index (χ2n) is 17.7. The minimum atomic E-state index is -0.404. The van der Waals surface area contributed by atoms with Gasteiger partial charge in [-0.05, 0) is 173 Å². The van der Waals surface area contributed by atoms with E-state index in [4.69, 9.17) is 5.73 Å². The number of carbonyl (C=O) groups is 4. The number of Topliss-reactive ketones (excluding diaryl/α,β-unsaturated/α-hetero) is 2. The molecule has 0 unspecified atom stereocenters. The summed E-state index contributed by atoms with van der Waals surface area (Å²) >= 11 is 0. The summed E-state index contributed by atoms with van der Waals surface area (Å²) in [5, 5.41) is 15.9. The van der Waals surface area contributed by atoms with Crippen LogP contribution in [0.25, 0.3) is 0 Å². The summed E-state index contributed by atoms with van der Waals surface area (Å²) in [6, 6.07) is 39.8. The van der Waals surface area contributed by atoms with Gasteiger partial charge in [0, 0.05) is 89.7 Å². The lowest BCUT2D eigenvalue weighted by Gasteiger charge is -2.16. The number of nitrogens with one attached hydrogen (secondary N) is 5. The number of ketones is 2. The van der Waals surface area contributed by atoms with Gasteiger partial charge in [0.1, 0.15) is 5.82 Å². The molecule has 4 aliphatic rings. The van der Waals surface area contributed by atoms with E-state index in [1.807, 2.05) is 103 Å². The first-order valence-electron chi connectivity index (χ1n) is 24.1. The van der Waals surface area contributed by atoms with Crippen LogP contribution in [0.15, 0.2) is 133 Å². The van der Waals surface area contributed by atoms with E-state index in [-0.39, 0.29) is 23.4 Å². The number of hydrogen-bond donors (Lipinski definition) is 6. The Morgan fingerprint density at radius 3 is 1.36 bits per heavy atom. The fourth-order valence-corrected chi connectivity index (χ4v) is 9.26. The number of para-hydroxylation sites is 2. The molecule has 0 atom stereocenters. The molecule has 0 aromatic heterocycles. The van der Waals surface area contributed by atoms with Gasteiger partial charge in [0.25, 0.3) is 11.8 Å². The maximum atomic E-state index is 13.0. The fraction of sp³-hybridized carbons (Fsp3) is 0.286. The SMILES string of the molecule is NCCN1CCCC1.O=C(Nc1ccc(Nc2ccccc2)c2c1C(=O)CC2)c1ccc(F)cc1.O=C(Nc1ccc(Nc2ccccc2)c2c1C(=O)CC2)c1ccc(NCCN2CCCC2)cc1. The lowest BCUT2D eigenvalue weighted by molar-refractivity contribution is 0.0985. The Morgan fingerprint density at radius 1 is 0.493 bits per heavy atom. The highest BCUT2D eigenvalue weighted by atomic mass is 19.1. The number of hydrogen-bond acceptors (Lipinski definition) is 10. The number of nitrogens with two attached hydrogens (primary N) is 1. The zero-order valence-corrected chi connectivity index (χ0v) is 39.0. The molecule has 2 amide bonds. The van der Waals surface area contributed by atoms with Gasteiger partial charge in [0.05, 0.1) is 11.4 Å². The van der Waals surface area contributed by atoms with Crippen LogP contribution in [-0.2, 0) is 12.8 Å². The highest BCUT2D eigenvalue weighted by Crippen LogP contribution is 2.38. The van der Waals surface area contributed by atoms with Crippen molar-refractivity contribution in [1.29, 1.82) is 0 Å². The topological polar surface area (TPSA) is 161 Å². The van der Waals surface area contributed by atoms with Crippen molar-refractivity contribution in [3.05, 3.63) is 173 Å². The quantitative estimate of drug-likeness (QED) is 0.0621. The van der Waals surface area contributed by atoms with Gasteiger partial charge in [0.15, 0.2) is 11.6 Å². The molecule has 6 aromatic rings. The first-order chi connectivity index (χ1) is 33.7. The molecular formula is C56H61FN8O4. The molecule has 2 aliphatic heterocycles. The molecule has 13 heteroatoms. The second-order valence-corrected chi connectivity index (χ2v) is 17.7. The molecule has 0 saturated carbocycles. The molecule has 0 radical (unpaired) electrons. The number of halogens is 1. The van der Waals surface area contributed by atoms with E-state index in [0.29, 0.717) is 59.3 Å². The number of likely N-dealkylation sites (tertiary alicyclic amines) is 2. The van der Waals surface area contributed by atoms with Gasteiger partial charge in [-0.1, -0.05) is 36.4 Å². The number of rotatable bonds is 14. The predicted molar refractivity (Wildman–Crippen MR) is 275 cm³/mol. The Morgan fingerprint density at radius 2 is 0.913 bits per heavy atom. The van der Waals surface area contributed by atoms with Gasteiger partial charge < -0.3 is 42.1 Å². The summed E-state index contributed by atoms with van der Waals surface area (Å²) in [5.41, 5.74) is 15.0. The lowest BCUT2D eigenvalue weighted by Crippen LogP contribution is -2.26. The largest absolute Gasteiger partial charge is 0.384 e. The van der Waals surface area contributed by atoms with Crippen LogP contribution in [0.2, 0.25) is 0 Å². The van der Waals surface area contributed by atoms with Crippen molar-refractivity contribution in [3.63, 3.8) is 0 Å². The Bertz CT molecular complexity index is 2700. The van der Waals surface area contributed by atoms with Crippen molar-refractivity contribution in [3.8, 4) is 0 Å². The van der Waals surface area contributed by atoms with Crippen molar-refractivity contribution in [2.45, 2.75) is 51.4 Å². The molecule has 12 nitrogen and oxygen atoms in total. The van der Waals surface area contributed by atoms with E-state index in [2.05, 4.69) is 36.4 Å². The summed E-state index contributed by atoms with van der Waals surface area (Å²) in [7, 11) is 0. The molecular weight excluding hydrogens is 868 g/mol. The highest BCUT2D eigenvalue weighted by Gasteiger charge is 2.28. The monoisotopic (exact) mass is 928 g/mol. The van der Waals surface area contributed by atoms with E-state index in [0.717, 1.165) is 65.7 Å². The molecule has 2 aliphatic carbocycles. The van der Waals surface area contributed by atoms with Crippen LogP contribution in [0.5, 0.6) is 0 Å². The van der Waals surface area contributed by atoms with Crippen molar-refractivity contribution in [2.75, 3.05) is 78.9 Å². The summed E-state index contributed by atoms with van der Waals surface area (Å²) in [5.74, 6) is -0.912. The Hall–Kier alpha value is -7.19. The first-order valence-corrected chi connectivity index (χ1v) is 24.1. The molecule has 0 spiro atoms. The average Bonchev–Trinajstić information content (AvgIpc) is 4.23. The Balaban J connectivity index is 0.000000163. The fourth-order valence-electron chi connectivity index (χ4n) is 9.26. The van der Waals surface area contributed by atoms with Crippen LogP contribution in [0, 0.1) is 5.82 Å². The summed E-state index contributed by atoms with van der Waals surface area (Å²) in [6.07, 6.45) is 7.52. The van der Waals surface area contributed by atoms with E-state index in [9.17, 15) is 23.6 Å². The molecule has 10 rings (SSSR count). The normalized spacial score (nSPS) is 15.0. The number of benzene rings is 6.